The molecule has 6 nitrogen and oxygen atoms in total. The molecule has 2 aromatic rings. The molecule has 2 rings (SSSR count). The number of benzene rings is 1. The van der Waals surface area contributed by atoms with E-state index in [1.807, 2.05) is 0 Å². The van der Waals surface area contributed by atoms with Gasteiger partial charge < -0.3 is 14.8 Å². The van der Waals surface area contributed by atoms with Crippen LogP contribution in [0.4, 0.5) is 13.2 Å². The molecule has 0 fully saturated rings. The molecule has 0 spiro atoms. The highest BCUT2D eigenvalue weighted by molar-refractivity contribution is 5.92. The van der Waals surface area contributed by atoms with Gasteiger partial charge in [-0.2, -0.15) is 23.1 Å². The van der Waals surface area contributed by atoms with Gasteiger partial charge in [-0.05, 0) is 17.7 Å². The summed E-state index contributed by atoms with van der Waals surface area (Å²) in [7, 11) is 2.70. The predicted octanol–water partition coefficient (Wildman–Crippen LogP) is 2.44. The molecule has 1 aromatic carbocycles. The van der Waals surface area contributed by atoms with Crippen LogP contribution in [0.3, 0.4) is 0 Å². The van der Waals surface area contributed by atoms with Gasteiger partial charge in [0.15, 0.2) is 0 Å². The van der Waals surface area contributed by atoms with Gasteiger partial charge >= 0.3 is 12.2 Å². The summed E-state index contributed by atoms with van der Waals surface area (Å²) in [6.07, 6.45) is -4.44. The van der Waals surface area contributed by atoms with Crippen molar-refractivity contribution in [2.75, 3.05) is 14.2 Å². The largest absolute Gasteiger partial charge is 0.481 e. The lowest BCUT2D eigenvalue weighted by Gasteiger charge is -2.10. The summed E-state index contributed by atoms with van der Waals surface area (Å²) < 4.78 is 47.8. The minimum absolute atomic E-state index is 0.0225. The molecule has 0 aliphatic carbocycles. The molecule has 0 saturated heterocycles. The second-order valence-electron chi connectivity index (χ2n) is 4.66. The molecule has 0 radical (unpaired) electrons. The average molecular weight is 341 g/mol. The molecular formula is C15H14F3N3O3. The summed E-state index contributed by atoms with van der Waals surface area (Å²) in [5.74, 6) is -0.461. The van der Waals surface area contributed by atoms with Crippen LogP contribution in [-0.4, -0.2) is 30.1 Å². The number of aromatic nitrogens is 2. The third-order valence-corrected chi connectivity index (χ3v) is 3.01. The fourth-order valence-corrected chi connectivity index (χ4v) is 1.85. The van der Waals surface area contributed by atoms with Crippen LogP contribution in [0.15, 0.2) is 30.3 Å². The monoisotopic (exact) mass is 341 g/mol. The lowest BCUT2D eigenvalue weighted by molar-refractivity contribution is -0.137. The Balaban J connectivity index is 2.11. The molecular weight excluding hydrogens is 327 g/mol. The SMILES string of the molecule is COc1cc(C(=O)NCc2cccc(C(F)(F)F)c2)nc(OC)n1. The van der Waals surface area contributed by atoms with Gasteiger partial charge in [-0.1, -0.05) is 12.1 Å². The minimum Gasteiger partial charge on any atom is -0.481 e. The standard InChI is InChI=1S/C15H14F3N3O3/c1-23-12-7-11(20-14(21-12)24-2)13(22)19-8-9-4-3-5-10(6-9)15(16,17)18/h3-7H,8H2,1-2H3,(H,19,22). The van der Waals surface area contributed by atoms with Crippen molar-refractivity contribution in [3.8, 4) is 11.9 Å². The van der Waals surface area contributed by atoms with E-state index in [1.165, 1.54) is 32.4 Å². The quantitative estimate of drug-likeness (QED) is 0.904. The van der Waals surface area contributed by atoms with Crippen LogP contribution in [0.1, 0.15) is 21.6 Å². The van der Waals surface area contributed by atoms with E-state index in [0.29, 0.717) is 5.56 Å². The highest BCUT2D eigenvalue weighted by Crippen LogP contribution is 2.29. The van der Waals surface area contributed by atoms with E-state index in [4.69, 9.17) is 9.47 Å². The Morgan fingerprint density at radius 1 is 1.17 bits per heavy atom. The number of methoxy groups -OCH3 is 2. The van der Waals surface area contributed by atoms with Crippen LogP contribution in [0.2, 0.25) is 0 Å². The van der Waals surface area contributed by atoms with Gasteiger partial charge in [0, 0.05) is 12.6 Å². The highest BCUT2D eigenvalue weighted by atomic mass is 19.4. The number of halogens is 3. The topological polar surface area (TPSA) is 73.3 Å². The molecule has 0 unspecified atom stereocenters. The van der Waals surface area contributed by atoms with Crippen LogP contribution in [0, 0.1) is 0 Å². The molecule has 0 aliphatic rings. The van der Waals surface area contributed by atoms with Gasteiger partial charge in [0.25, 0.3) is 5.91 Å². The number of hydrogen-bond donors (Lipinski definition) is 1. The van der Waals surface area contributed by atoms with Crippen LogP contribution in [-0.2, 0) is 12.7 Å². The zero-order chi connectivity index (χ0) is 17.7. The Bertz CT molecular complexity index is 713. The van der Waals surface area contributed by atoms with E-state index in [-0.39, 0.29) is 24.1 Å². The van der Waals surface area contributed by atoms with E-state index in [2.05, 4.69) is 15.3 Å². The number of ether oxygens (including phenoxy) is 2. The lowest BCUT2D eigenvalue weighted by Crippen LogP contribution is -2.24. The fourth-order valence-electron chi connectivity index (χ4n) is 1.85. The molecule has 9 heteroatoms. The van der Waals surface area contributed by atoms with Crippen molar-refractivity contribution < 1.29 is 27.4 Å². The first-order valence-corrected chi connectivity index (χ1v) is 6.75. The van der Waals surface area contributed by atoms with Gasteiger partial charge in [-0.25, -0.2) is 0 Å². The van der Waals surface area contributed by atoms with Gasteiger partial charge in [0.2, 0.25) is 5.88 Å². The van der Waals surface area contributed by atoms with Crippen LogP contribution in [0.5, 0.6) is 11.9 Å². The van der Waals surface area contributed by atoms with Crippen molar-refractivity contribution in [1.29, 1.82) is 0 Å². The number of nitrogens with zero attached hydrogens (tertiary/aromatic N) is 2. The highest BCUT2D eigenvalue weighted by Gasteiger charge is 2.30. The van der Waals surface area contributed by atoms with Crippen LogP contribution < -0.4 is 14.8 Å². The Hall–Kier alpha value is -2.84. The Morgan fingerprint density at radius 2 is 1.92 bits per heavy atom. The zero-order valence-corrected chi connectivity index (χ0v) is 12.8. The molecule has 24 heavy (non-hydrogen) atoms. The van der Waals surface area contributed by atoms with E-state index in [1.54, 1.807) is 0 Å². The molecule has 1 amide bonds. The first kappa shape index (κ1) is 17.5. The molecule has 0 atom stereocenters. The first-order valence-electron chi connectivity index (χ1n) is 6.75. The van der Waals surface area contributed by atoms with Crippen molar-refractivity contribution in [2.24, 2.45) is 0 Å². The Labute approximate surface area is 135 Å². The minimum atomic E-state index is -4.44. The number of rotatable bonds is 5. The zero-order valence-electron chi connectivity index (χ0n) is 12.8. The van der Waals surface area contributed by atoms with Crippen LogP contribution >= 0.6 is 0 Å². The van der Waals surface area contributed by atoms with Gasteiger partial charge in [-0.3, -0.25) is 4.79 Å². The van der Waals surface area contributed by atoms with E-state index < -0.39 is 17.6 Å². The number of alkyl halides is 3. The number of carbonyl (C=O) groups excluding carboxylic acids is 1. The normalized spacial score (nSPS) is 11.0. The average Bonchev–Trinajstić information content (AvgIpc) is 2.58. The molecule has 0 bridgehead atoms. The molecule has 1 heterocycles. The van der Waals surface area contributed by atoms with Crippen molar-refractivity contribution in [1.82, 2.24) is 15.3 Å². The summed E-state index contributed by atoms with van der Waals surface area (Å²) in [5, 5.41) is 2.49. The Morgan fingerprint density at radius 3 is 2.54 bits per heavy atom. The number of nitrogens with one attached hydrogen (secondary N) is 1. The summed E-state index contributed by atoms with van der Waals surface area (Å²) in [6.45, 7) is -0.0859. The summed E-state index contributed by atoms with van der Waals surface area (Å²) in [5.41, 5.74) is -0.489. The maximum atomic E-state index is 12.7. The number of hydrogen-bond acceptors (Lipinski definition) is 5. The number of amides is 1. The van der Waals surface area contributed by atoms with Crippen molar-refractivity contribution in [3.63, 3.8) is 0 Å². The van der Waals surface area contributed by atoms with Crippen molar-refractivity contribution in [3.05, 3.63) is 47.2 Å². The fraction of sp³-hybridized carbons (Fsp3) is 0.267. The molecule has 0 saturated carbocycles. The first-order chi connectivity index (χ1) is 11.3. The number of carbonyl (C=O) groups is 1. The predicted molar refractivity (Wildman–Crippen MR) is 77.8 cm³/mol. The van der Waals surface area contributed by atoms with E-state index >= 15 is 0 Å². The third-order valence-electron chi connectivity index (χ3n) is 3.01. The molecule has 1 aromatic heterocycles. The summed E-state index contributed by atoms with van der Waals surface area (Å²) in [4.78, 5) is 19.8. The van der Waals surface area contributed by atoms with E-state index in [0.717, 1.165) is 12.1 Å². The van der Waals surface area contributed by atoms with Gasteiger partial charge in [0.05, 0.1) is 19.8 Å². The van der Waals surface area contributed by atoms with Crippen molar-refractivity contribution >= 4 is 5.91 Å². The summed E-state index contributed by atoms with van der Waals surface area (Å²) >= 11 is 0. The smallest absolute Gasteiger partial charge is 0.416 e. The van der Waals surface area contributed by atoms with Gasteiger partial charge in [0.1, 0.15) is 5.69 Å². The molecule has 0 aliphatic heterocycles. The maximum absolute atomic E-state index is 12.7. The lowest BCUT2D eigenvalue weighted by atomic mass is 10.1. The maximum Gasteiger partial charge on any atom is 0.416 e. The van der Waals surface area contributed by atoms with Crippen molar-refractivity contribution in [2.45, 2.75) is 12.7 Å². The molecule has 128 valence electrons. The summed E-state index contributed by atoms with van der Waals surface area (Å²) in [6, 6.07) is 5.94. The molecule has 1 N–H and O–H groups in total. The van der Waals surface area contributed by atoms with Gasteiger partial charge in [-0.15, -0.1) is 0 Å². The van der Waals surface area contributed by atoms with Crippen LogP contribution in [0.25, 0.3) is 0 Å². The Kier molecular flexibility index (Phi) is 5.22. The third kappa shape index (κ3) is 4.34. The van der Waals surface area contributed by atoms with E-state index in [9.17, 15) is 18.0 Å². The second kappa shape index (κ2) is 7.16. The second-order valence-corrected chi connectivity index (χ2v) is 4.66.